The van der Waals surface area contributed by atoms with Crippen molar-refractivity contribution in [3.05, 3.63) is 29.9 Å². The Hall–Kier alpha value is -1.42. The summed E-state index contributed by atoms with van der Waals surface area (Å²) in [6.45, 7) is 0. The molecule has 0 aliphatic rings. The van der Waals surface area contributed by atoms with Crippen LogP contribution in [0.2, 0.25) is 0 Å². The number of isothiocyanates is 1. The lowest BCUT2D eigenvalue weighted by molar-refractivity contribution is 1.31. The molecule has 0 aromatic carbocycles. The maximum atomic E-state index is 4.50. The lowest BCUT2D eigenvalue weighted by atomic mass is 10.2. The van der Waals surface area contributed by atoms with Crippen LogP contribution in [0.5, 0.6) is 0 Å². The minimum absolute atomic E-state index is 0.631. The van der Waals surface area contributed by atoms with E-state index in [-0.39, 0.29) is 0 Å². The minimum Gasteiger partial charge on any atom is -0.265 e. The van der Waals surface area contributed by atoms with Crippen molar-refractivity contribution in [1.29, 1.82) is 0 Å². The summed E-state index contributed by atoms with van der Waals surface area (Å²) in [6.07, 6.45) is 3.47. The van der Waals surface area contributed by atoms with E-state index in [1.54, 1.807) is 12.4 Å². The van der Waals surface area contributed by atoms with E-state index in [0.29, 0.717) is 5.13 Å². The maximum absolute atomic E-state index is 4.50. The summed E-state index contributed by atoms with van der Waals surface area (Å²) in [7, 11) is 0. The zero-order valence-corrected chi connectivity index (χ0v) is 8.68. The largest absolute Gasteiger partial charge is 0.265 e. The second-order valence-electron chi connectivity index (χ2n) is 2.45. The van der Waals surface area contributed by atoms with Crippen molar-refractivity contribution in [3.63, 3.8) is 0 Å². The Morgan fingerprint density at radius 1 is 1.36 bits per heavy atom. The third-order valence-corrected chi connectivity index (χ3v) is 2.44. The van der Waals surface area contributed by atoms with Crippen LogP contribution in [-0.2, 0) is 0 Å². The van der Waals surface area contributed by atoms with Crippen LogP contribution in [0.3, 0.4) is 0 Å². The van der Waals surface area contributed by atoms with E-state index in [1.807, 2.05) is 17.5 Å². The molecule has 2 aromatic heterocycles. The fourth-order valence-electron chi connectivity index (χ4n) is 1.01. The molecule has 3 nitrogen and oxygen atoms in total. The molecular weight excluding hydrogens is 214 g/mol. The van der Waals surface area contributed by atoms with Crippen LogP contribution in [0.25, 0.3) is 11.3 Å². The predicted octanol–water partition coefficient (Wildman–Crippen LogP) is 2.94. The van der Waals surface area contributed by atoms with E-state index in [9.17, 15) is 0 Å². The first kappa shape index (κ1) is 9.15. The van der Waals surface area contributed by atoms with Gasteiger partial charge in [-0.3, -0.25) is 4.98 Å². The molecule has 0 aliphatic heterocycles. The molecular formula is C9H5N3S2. The second kappa shape index (κ2) is 4.19. The fourth-order valence-corrected chi connectivity index (χ4v) is 1.81. The van der Waals surface area contributed by atoms with Crippen molar-refractivity contribution in [2.75, 3.05) is 0 Å². The third-order valence-electron chi connectivity index (χ3n) is 1.61. The SMILES string of the molecule is S=C=Nc1nc(-c2ccncc2)cs1. The molecule has 0 saturated heterocycles. The molecule has 0 amide bonds. The highest BCUT2D eigenvalue weighted by atomic mass is 32.1. The van der Waals surface area contributed by atoms with Crippen molar-refractivity contribution in [2.24, 2.45) is 4.99 Å². The molecule has 0 fully saturated rings. The quantitative estimate of drug-likeness (QED) is 0.575. The molecule has 2 aromatic rings. The average Bonchev–Trinajstić information content (AvgIpc) is 2.68. The van der Waals surface area contributed by atoms with Gasteiger partial charge in [-0.1, -0.05) is 0 Å². The number of aliphatic imine (C=N–C) groups is 1. The van der Waals surface area contributed by atoms with Crippen molar-refractivity contribution in [1.82, 2.24) is 9.97 Å². The van der Waals surface area contributed by atoms with E-state index >= 15 is 0 Å². The van der Waals surface area contributed by atoms with E-state index in [1.165, 1.54) is 11.3 Å². The lowest BCUT2D eigenvalue weighted by Crippen LogP contribution is -1.76. The van der Waals surface area contributed by atoms with Gasteiger partial charge >= 0.3 is 0 Å². The highest BCUT2D eigenvalue weighted by Crippen LogP contribution is 2.25. The van der Waals surface area contributed by atoms with Crippen LogP contribution in [0.15, 0.2) is 34.9 Å². The fraction of sp³-hybridized carbons (Fsp3) is 0. The molecule has 0 N–H and O–H groups in total. The summed E-state index contributed by atoms with van der Waals surface area (Å²) in [5.41, 5.74) is 1.92. The third kappa shape index (κ3) is 1.90. The molecule has 68 valence electrons. The van der Waals surface area contributed by atoms with E-state index in [2.05, 4.69) is 32.3 Å². The maximum Gasteiger partial charge on any atom is 0.218 e. The number of hydrogen-bond acceptors (Lipinski definition) is 5. The average molecular weight is 219 g/mol. The van der Waals surface area contributed by atoms with Gasteiger partial charge in [-0.05, 0) is 24.4 Å². The summed E-state index contributed by atoms with van der Waals surface area (Å²) in [5.74, 6) is 0. The zero-order valence-electron chi connectivity index (χ0n) is 7.04. The summed E-state index contributed by atoms with van der Waals surface area (Å²) < 4.78 is 0. The Kier molecular flexibility index (Phi) is 2.74. The molecule has 0 bridgehead atoms. The van der Waals surface area contributed by atoms with Gasteiger partial charge in [0, 0.05) is 23.3 Å². The van der Waals surface area contributed by atoms with Crippen LogP contribution < -0.4 is 0 Å². The number of thiocarbonyl (C=S) groups is 1. The van der Waals surface area contributed by atoms with E-state index in [4.69, 9.17) is 0 Å². The molecule has 0 atom stereocenters. The summed E-state index contributed by atoms with van der Waals surface area (Å²) in [5, 5.41) is 4.86. The molecule has 5 heteroatoms. The normalized spacial score (nSPS) is 9.43. The van der Waals surface area contributed by atoms with Crippen LogP contribution in [-0.4, -0.2) is 15.1 Å². The van der Waals surface area contributed by atoms with Crippen LogP contribution in [0.4, 0.5) is 5.13 Å². The Bertz CT molecular complexity index is 472. The topological polar surface area (TPSA) is 38.1 Å². The molecule has 0 spiro atoms. The molecule has 2 heterocycles. The number of pyridine rings is 1. The minimum atomic E-state index is 0.631. The smallest absolute Gasteiger partial charge is 0.218 e. The monoisotopic (exact) mass is 219 g/mol. The number of nitrogens with zero attached hydrogens (tertiary/aromatic N) is 3. The number of aromatic nitrogens is 2. The van der Waals surface area contributed by atoms with Crippen molar-refractivity contribution < 1.29 is 0 Å². The summed E-state index contributed by atoms with van der Waals surface area (Å²) in [6, 6.07) is 3.81. The first-order valence-corrected chi connectivity index (χ1v) is 5.13. The zero-order chi connectivity index (χ0) is 9.80. The Morgan fingerprint density at radius 3 is 2.86 bits per heavy atom. The van der Waals surface area contributed by atoms with Gasteiger partial charge in [0.25, 0.3) is 0 Å². The lowest BCUT2D eigenvalue weighted by Gasteiger charge is -1.92. The Labute approximate surface area is 90.2 Å². The van der Waals surface area contributed by atoms with Gasteiger partial charge in [0.2, 0.25) is 5.13 Å². The van der Waals surface area contributed by atoms with Crippen molar-refractivity contribution >= 4 is 33.8 Å². The van der Waals surface area contributed by atoms with Crippen LogP contribution >= 0.6 is 23.6 Å². The molecule has 2 rings (SSSR count). The van der Waals surface area contributed by atoms with Crippen molar-refractivity contribution in [2.45, 2.75) is 0 Å². The van der Waals surface area contributed by atoms with Crippen LogP contribution in [0.1, 0.15) is 0 Å². The molecule has 0 saturated carbocycles. The number of hydrogen-bond donors (Lipinski definition) is 0. The first-order chi connectivity index (χ1) is 6.90. The van der Waals surface area contributed by atoms with Gasteiger partial charge in [-0.15, -0.1) is 11.3 Å². The molecule has 14 heavy (non-hydrogen) atoms. The highest BCUT2D eigenvalue weighted by Gasteiger charge is 2.01. The Balaban J connectivity index is 2.39. The summed E-state index contributed by atoms with van der Waals surface area (Å²) in [4.78, 5) is 12.0. The van der Waals surface area contributed by atoms with E-state index < -0.39 is 0 Å². The molecule has 0 aliphatic carbocycles. The molecule has 0 radical (unpaired) electrons. The second-order valence-corrected chi connectivity index (χ2v) is 3.47. The molecule has 0 unspecified atom stereocenters. The number of thiazole rings is 1. The van der Waals surface area contributed by atoms with Gasteiger partial charge < -0.3 is 0 Å². The highest BCUT2D eigenvalue weighted by molar-refractivity contribution is 7.78. The van der Waals surface area contributed by atoms with E-state index in [0.717, 1.165) is 11.3 Å². The first-order valence-electron chi connectivity index (χ1n) is 3.84. The Morgan fingerprint density at radius 2 is 2.14 bits per heavy atom. The standard InChI is InChI=1S/C9H5N3S2/c13-6-11-9-12-8(5-14-9)7-1-3-10-4-2-7/h1-5H. The summed E-state index contributed by atoms with van der Waals surface area (Å²) >= 11 is 5.94. The van der Waals surface area contributed by atoms with Crippen LogP contribution in [0, 0.1) is 0 Å². The van der Waals surface area contributed by atoms with Crippen molar-refractivity contribution in [3.8, 4) is 11.3 Å². The van der Waals surface area contributed by atoms with Gasteiger partial charge in [0.15, 0.2) is 0 Å². The van der Waals surface area contributed by atoms with Gasteiger partial charge in [0.1, 0.15) is 0 Å². The predicted molar refractivity (Wildman–Crippen MR) is 60.0 cm³/mol. The van der Waals surface area contributed by atoms with Gasteiger partial charge in [-0.2, -0.15) is 4.99 Å². The number of rotatable bonds is 2. The van der Waals surface area contributed by atoms with Gasteiger partial charge in [0.05, 0.1) is 10.9 Å². The van der Waals surface area contributed by atoms with Gasteiger partial charge in [-0.25, -0.2) is 4.98 Å².